The first-order valence-electron chi connectivity index (χ1n) is 7.57. The van der Waals surface area contributed by atoms with Gasteiger partial charge in [-0.1, -0.05) is 48.0 Å². The van der Waals surface area contributed by atoms with Crippen LogP contribution >= 0.6 is 11.6 Å². The van der Waals surface area contributed by atoms with Crippen LogP contribution in [0, 0.1) is 0 Å². The zero-order chi connectivity index (χ0) is 19.8. The van der Waals surface area contributed by atoms with Gasteiger partial charge in [0.25, 0.3) is 0 Å². The number of alkyl halides is 6. The van der Waals surface area contributed by atoms with Crippen LogP contribution in [0.25, 0.3) is 23.1 Å². The van der Waals surface area contributed by atoms with Gasteiger partial charge in [0.05, 0.1) is 16.6 Å². The number of fused-ring (bicyclic) bond motifs is 1. The number of halogens is 7. The minimum atomic E-state index is -4.94. The zero-order valence-corrected chi connectivity index (χ0v) is 14.1. The molecule has 1 aromatic heterocycles. The fraction of sp³-hybridized carbons (Fsp3) is 0.105. The molecular weight excluding hydrogens is 392 g/mol. The fourth-order valence-corrected chi connectivity index (χ4v) is 2.74. The Morgan fingerprint density at radius 2 is 1.44 bits per heavy atom. The summed E-state index contributed by atoms with van der Waals surface area (Å²) in [5.74, 6) is 0. The van der Waals surface area contributed by atoms with Crippen molar-refractivity contribution in [2.45, 2.75) is 12.4 Å². The molecule has 0 spiro atoms. The molecule has 3 aromatic rings. The van der Waals surface area contributed by atoms with Crippen molar-refractivity contribution >= 4 is 34.7 Å². The van der Waals surface area contributed by atoms with Crippen LogP contribution in [-0.2, 0) is 12.4 Å². The largest absolute Gasteiger partial charge is 0.417 e. The standard InChI is InChI=1S/C19H10ClF6N/c20-17-13(9-12-3-1-2-4-16(12)27-17)6-5-11-7-8-14(18(21,22)23)10-15(11)19(24,25)26/h1-10H/b6-5-. The monoisotopic (exact) mass is 401 g/mol. The van der Waals surface area contributed by atoms with Crippen LogP contribution in [0.4, 0.5) is 26.3 Å². The lowest BCUT2D eigenvalue weighted by atomic mass is 10.0. The van der Waals surface area contributed by atoms with E-state index in [1.807, 2.05) is 0 Å². The number of aromatic nitrogens is 1. The lowest BCUT2D eigenvalue weighted by Crippen LogP contribution is -2.12. The molecule has 0 bridgehead atoms. The zero-order valence-electron chi connectivity index (χ0n) is 13.4. The van der Waals surface area contributed by atoms with Gasteiger partial charge in [-0.2, -0.15) is 26.3 Å². The molecule has 0 aliphatic rings. The molecule has 0 radical (unpaired) electrons. The van der Waals surface area contributed by atoms with Crippen molar-refractivity contribution in [3.8, 4) is 0 Å². The summed E-state index contributed by atoms with van der Waals surface area (Å²) in [5.41, 5.74) is -2.18. The maximum absolute atomic E-state index is 13.2. The number of hydrogen-bond acceptors (Lipinski definition) is 1. The summed E-state index contributed by atoms with van der Waals surface area (Å²) in [4.78, 5) is 4.15. The van der Waals surface area contributed by atoms with Crippen LogP contribution in [-0.4, -0.2) is 4.98 Å². The van der Waals surface area contributed by atoms with Gasteiger partial charge in [-0.15, -0.1) is 0 Å². The van der Waals surface area contributed by atoms with E-state index in [9.17, 15) is 26.3 Å². The first-order chi connectivity index (χ1) is 12.6. The molecule has 0 aliphatic carbocycles. The van der Waals surface area contributed by atoms with Crippen molar-refractivity contribution in [2.24, 2.45) is 0 Å². The highest BCUT2D eigenvalue weighted by molar-refractivity contribution is 6.31. The summed E-state index contributed by atoms with van der Waals surface area (Å²) < 4.78 is 77.8. The maximum atomic E-state index is 13.2. The van der Waals surface area contributed by atoms with Crippen LogP contribution in [0.15, 0.2) is 48.5 Å². The average Bonchev–Trinajstić information content (AvgIpc) is 2.58. The Hall–Kier alpha value is -2.54. The summed E-state index contributed by atoms with van der Waals surface area (Å²) in [6.07, 6.45) is -7.44. The molecule has 27 heavy (non-hydrogen) atoms. The molecule has 8 heteroatoms. The van der Waals surface area contributed by atoms with E-state index >= 15 is 0 Å². The van der Waals surface area contributed by atoms with Crippen molar-refractivity contribution in [1.82, 2.24) is 4.98 Å². The van der Waals surface area contributed by atoms with Gasteiger partial charge in [0.1, 0.15) is 5.15 Å². The van der Waals surface area contributed by atoms with E-state index < -0.39 is 29.0 Å². The van der Waals surface area contributed by atoms with Gasteiger partial charge in [-0.3, -0.25) is 0 Å². The minimum absolute atomic E-state index is 0.0745. The van der Waals surface area contributed by atoms with Crippen molar-refractivity contribution in [1.29, 1.82) is 0 Å². The molecule has 3 rings (SSSR count). The van der Waals surface area contributed by atoms with Gasteiger partial charge in [0.15, 0.2) is 0 Å². The first kappa shape index (κ1) is 19.2. The molecule has 0 saturated carbocycles. The van der Waals surface area contributed by atoms with Crippen molar-refractivity contribution in [2.75, 3.05) is 0 Å². The predicted molar refractivity (Wildman–Crippen MR) is 92.1 cm³/mol. The average molecular weight is 402 g/mol. The van der Waals surface area contributed by atoms with Crippen LogP contribution in [0.3, 0.4) is 0 Å². The number of nitrogens with zero attached hydrogens (tertiary/aromatic N) is 1. The van der Waals surface area contributed by atoms with Gasteiger partial charge in [-0.25, -0.2) is 4.98 Å². The highest BCUT2D eigenvalue weighted by Crippen LogP contribution is 2.38. The van der Waals surface area contributed by atoms with E-state index in [0.717, 1.165) is 17.5 Å². The van der Waals surface area contributed by atoms with Crippen LogP contribution in [0.2, 0.25) is 5.15 Å². The Bertz CT molecular complexity index is 1020. The van der Waals surface area contributed by atoms with Crippen LogP contribution < -0.4 is 0 Å². The molecule has 0 fully saturated rings. The molecule has 0 unspecified atom stereocenters. The number of rotatable bonds is 2. The molecule has 140 valence electrons. The van der Waals surface area contributed by atoms with Crippen molar-refractivity contribution in [3.05, 3.63) is 75.9 Å². The second-order valence-electron chi connectivity index (χ2n) is 5.69. The smallest absolute Gasteiger partial charge is 0.235 e. The lowest BCUT2D eigenvalue weighted by Gasteiger charge is -2.14. The summed E-state index contributed by atoms with van der Waals surface area (Å²) in [7, 11) is 0. The normalized spacial score (nSPS) is 12.9. The van der Waals surface area contributed by atoms with E-state index in [-0.39, 0.29) is 11.2 Å². The van der Waals surface area contributed by atoms with Gasteiger partial charge in [0, 0.05) is 10.9 Å². The van der Waals surface area contributed by atoms with E-state index in [1.165, 1.54) is 6.08 Å². The molecule has 0 aliphatic heterocycles. The number of hydrogen-bond donors (Lipinski definition) is 0. The Morgan fingerprint density at radius 1 is 0.778 bits per heavy atom. The van der Waals surface area contributed by atoms with Gasteiger partial charge < -0.3 is 0 Å². The maximum Gasteiger partial charge on any atom is 0.417 e. The number of para-hydroxylation sites is 1. The molecular formula is C19H10ClF6N. The second kappa shape index (κ2) is 6.88. The first-order valence-corrected chi connectivity index (χ1v) is 7.95. The predicted octanol–water partition coefficient (Wildman–Crippen LogP) is 7.10. The number of benzene rings is 2. The van der Waals surface area contributed by atoms with Gasteiger partial charge in [-0.05, 0) is 29.8 Å². The third-order valence-electron chi connectivity index (χ3n) is 3.83. The van der Waals surface area contributed by atoms with Crippen LogP contribution in [0.5, 0.6) is 0 Å². The third kappa shape index (κ3) is 4.24. The topological polar surface area (TPSA) is 12.9 Å². The second-order valence-corrected chi connectivity index (χ2v) is 6.05. The van der Waals surface area contributed by atoms with Crippen molar-refractivity contribution in [3.63, 3.8) is 0 Å². The Kier molecular flexibility index (Phi) is 4.90. The Labute approximate surface area is 154 Å². The SMILES string of the molecule is FC(F)(F)c1ccc(/C=C\c2cc3ccccc3nc2Cl)c(C(F)(F)F)c1. The molecule has 0 saturated heterocycles. The van der Waals surface area contributed by atoms with Crippen molar-refractivity contribution < 1.29 is 26.3 Å². The summed E-state index contributed by atoms with van der Waals surface area (Å²) >= 11 is 6.05. The van der Waals surface area contributed by atoms with E-state index in [0.29, 0.717) is 17.1 Å². The minimum Gasteiger partial charge on any atom is -0.235 e. The van der Waals surface area contributed by atoms with Crippen LogP contribution in [0.1, 0.15) is 22.3 Å². The summed E-state index contributed by atoms with van der Waals surface area (Å²) in [6.45, 7) is 0. The number of pyridine rings is 1. The molecule has 0 N–H and O–H groups in total. The Morgan fingerprint density at radius 3 is 2.11 bits per heavy atom. The molecule has 0 atom stereocenters. The highest BCUT2D eigenvalue weighted by Gasteiger charge is 2.37. The summed E-state index contributed by atoms with van der Waals surface area (Å²) in [6, 6.07) is 10.1. The molecule has 0 amide bonds. The van der Waals surface area contributed by atoms with E-state index in [2.05, 4.69) is 4.98 Å². The van der Waals surface area contributed by atoms with E-state index in [1.54, 1.807) is 30.3 Å². The quantitative estimate of drug-likeness (QED) is 0.330. The summed E-state index contributed by atoms with van der Waals surface area (Å²) in [5, 5.41) is 0.801. The van der Waals surface area contributed by atoms with Gasteiger partial charge >= 0.3 is 12.4 Å². The highest BCUT2D eigenvalue weighted by atomic mass is 35.5. The lowest BCUT2D eigenvalue weighted by molar-refractivity contribution is -0.143. The van der Waals surface area contributed by atoms with E-state index in [4.69, 9.17) is 11.6 Å². The molecule has 1 heterocycles. The van der Waals surface area contributed by atoms with Gasteiger partial charge in [0.2, 0.25) is 0 Å². The Balaban J connectivity index is 2.06. The molecule has 2 aromatic carbocycles. The molecule has 1 nitrogen and oxygen atoms in total. The third-order valence-corrected chi connectivity index (χ3v) is 4.14. The fourth-order valence-electron chi connectivity index (χ4n) is 2.53.